The Morgan fingerprint density at radius 3 is 2.62 bits per heavy atom. The summed E-state index contributed by atoms with van der Waals surface area (Å²) in [5.41, 5.74) is 1.32. The molecule has 2 aliphatic rings. The summed E-state index contributed by atoms with van der Waals surface area (Å²) in [4.78, 5) is 16.8. The van der Waals surface area contributed by atoms with Gasteiger partial charge in [-0.3, -0.25) is 9.69 Å². The molecule has 0 spiro atoms. The van der Waals surface area contributed by atoms with Gasteiger partial charge < -0.3 is 14.1 Å². The molecular weight excluding hydrogens is 430 g/mol. The first-order valence-electron chi connectivity index (χ1n) is 11.0. The van der Waals surface area contributed by atoms with Gasteiger partial charge in [0.15, 0.2) is 5.69 Å². The molecule has 0 saturated carbocycles. The summed E-state index contributed by atoms with van der Waals surface area (Å²) in [5, 5.41) is 9.07. The van der Waals surface area contributed by atoms with Crippen molar-refractivity contribution in [1.29, 1.82) is 0 Å². The Morgan fingerprint density at radius 2 is 1.84 bits per heavy atom. The van der Waals surface area contributed by atoms with Crippen LogP contribution < -0.4 is 0 Å². The second-order valence-corrected chi connectivity index (χ2v) is 8.65. The number of likely N-dealkylation sites (tertiary alicyclic amines) is 1. The number of nitrogens with zero attached hydrogens (tertiary/aromatic N) is 5. The summed E-state index contributed by atoms with van der Waals surface area (Å²) in [6, 6.07) is 12.0. The Balaban J connectivity index is 1.15. The van der Waals surface area contributed by atoms with E-state index in [1.807, 2.05) is 41.1 Å². The molecule has 0 N–H and O–H groups in total. The highest BCUT2D eigenvalue weighted by Crippen LogP contribution is 2.30. The van der Waals surface area contributed by atoms with E-state index in [0.29, 0.717) is 37.0 Å². The van der Waals surface area contributed by atoms with Crippen molar-refractivity contribution >= 4 is 17.5 Å². The number of rotatable bonds is 5. The zero-order valence-electron chi connectivity index (χ0n) is 17.8. The van der Waals surface area contributed by atoms with Gasteiger partial charge >= 0.3 is 0 Å². The number of carbonyl (C=O) groups is 1. The Kier molecular flexibility index (Phi) is 6.25. The second kappa shape index (κ2) is 9.44. The molecule has 1 aromatic carbocycles. The third kappa shape index (κ3) is 4.57. The van der Waals surface area contributed by atoms with Gasteiger partial charge in [-0.1, -0.05) is 28.9 Å². The third-order valence-electron chi connectivity index (χ3n) is 6.14. The van der Waals surface area contributed by atoms with Crippen molar-refractivity contribution in [1.82, 2.24) is 24.8 Å². The molecule has 8 nitrogen and oxygen atoms in total. The Labute approximate surface area is 191 Å². The largest absolute Gasteiger partial charge is 0.460 e. The van der Waals surface area contributed by atoms with Crippen molar-refractivity contribution in [2.24, 2.45) is 0 Å². The van der Waals surface area contributed by atoms with Crippen LogP contribution in [-0.2, 0) is 11.3 Å². The lowest BCUT2D eigenvalue weighted by atomic mass is 10.1. The zero-order valence-corrected chi connectivity index (χ0v) is 18.6. The Morgan fingerprint density at radius 1 is 1.06 bits per heavy atom. The van der Waals surface area contributed by atoms with Gasteiger partial charge in [-0.05, 0) is 37.1 Å². The molecule has 0 bridgehead atoms. The molecule has 32 heavy (non-hydrogen) atoms. The molecule has 0 unspecified atom stereocenters. The molecule has 3 aromatic rings. The molecule has 2 saturated heterocycles. The summed E-state index contributed by atoms with van der Waals surface area (Å²) in [6.07, 6.45) is 3.69. The molecule has 9 heteroatoms. The number of carbonyl (C=O) groups excluding carboxylic acids is 1. The van der Waals surface area contributed by atoms with Crippen molar-refractivity contribution in [2.45, 2.75) is 25.4 Å². The lowest BCUT2D eigenvalue weighted by Crippen LogP contribution is -2.40. The number of aromatic nitrogens is 3. The van der Waals surface area contributed by atoms with Crippen LogP contribution in [0, 0.1) is 0 Å². The molecule has 1 amide bonds. The average molecular weight is 456 g/mol. The van der Waals surface area contributed by atoms with Crippen LogP contribution in [-0.4, -0.2) is 70.1 Å². The fourth-order valence-corrected chi connectivity index (χ4v) is 4.54. The van der Waals surface area contributed by atoms with Crippen LogP contribution in [0.5, 0.6) is 0 Å². The summed E-state index contributed by atoms with van der Waals surface area (Å²) in [5.74, 6) is 1.65. The standard InChI is InChI=1S/C23H26ClN5O3/c24-20-4-2-1-3-19(20)22-6-5-18(32-22)15-27-9-7-17(8-10-27)29-16-21(25-26-29)23(30)28-11-13-31-14-12-28/h1-6,16-17H,7-15H2. The van der Waals surface area contributed by atoms with E-state index in [1.54, 1.807) is 11.1 Å². The van der Waals surface area contributed by atoms with Crippen LogP contribution >= 0.6 is 11.6 Å². The monoisotopic (exact) mass is 455 g/mol. The van der Waals surface area contributed by atoms with Gasteiger partial charge in [0.2, 0.25) is 0 Å². The highest BCUT2D eigenvalue weighted by Gasteiger charge is 2.25. The molecule has 0 radical (unpaired) electrons. The van der Waals surface area contributed by atoms with E-state index in [1.165, 1.54) is 0 Å². The normalized spacial score (nSPS) is 18.2. The van der Waals surface area contributed by atoms with Crippen LogP contribution in [0.15, 0.2) is 47.0 Å². The van der Waals surface area contributed by atoms with E-state index in [2.05, 4.69) is 15.2 Å². The van der Waals surface area contributed by atoms with E-state index < -0.39 is 0 Å². The number of ether oxygens (including phenoxy) is 1. The third-order valence-corrected chi connectivity index (χ3v) is 6.47. The van der Waals surface area contributed by atoms with Crippen molar-refractivity contribution in [3.05, 3.63) is 59.1 Å². The molecule has 5 rings (SSSR count). The lowest BCUT2D eigenvalue weighted by Gasteiger charge is -2.31. The summed E-state index contributed by atoms with van der Waals surface area (Å²) >= 11 is 6.29. The summed E-state index contributed by atoms with van der Waals surface area (Å²) < 4.78 is 13.2. The van der Waals surface area contributed by atoms with E-state index in [-0.39, 0.29) is 11.9 Å². The number of hydrogen-bond acceptors (Lipinski definition) is 6. The SMILES string of the molecule is O=C(c1cn(C2CCN(Cc3ccc(-c4ccccc4Cl)o3)CC2)nn1)N1CCOCC1. The molecule has 2 fully saturated rings. The second-order valence-electron chi connectivity index (χ2n) is 8.24. The van der Waals surface area contributed by atoms with Crippen LogP contribution in [0.3, 0.4) is 0 Å². The van der Waals surface area contributed by atoms with Crippen LogP contribution in [0.1, 0.15) is 35.1 Å². The van der Waals surface area contributed by atoms with Crippen molar-refractivity contribution in [3.8, 4) is 11.3 Å². The quantitative estimate of drug-likeness (QED) is 0.586. The fourth-order valence-electron chi connectivity index (χ4n) is 4.31. The molecule has 4 heterocycles. The molecule has 0 aliphatic carbocycles. The number of amides is 1. The zero-order chi connectivity index (χ0) is 21.9. The summed E-state index contributed by atoms with van der Waals surface area (Å²) in [6.45, 7) is 4.99. The summed E-state index contributed by atoms with van der Waals surface area (Å²) in [7, 11) is 0. The first-order chi connectivity index (χ1) is 15.7. The Hall–Kier alpha value is -2.68. The Bertz CT molecular complexity index is 1070. The highest BCUT2D eigenvalue weighted by atomic mass is 35.5. The predicted molar refractivity (Wildman–Crippen MR) is 119 cm³/mol. The number of benzene rings is 1. The molecule has 2 aliphatic heterocycles. The molecular formula is C23H26ClN5O3. The van der Waals surface area contributed by atoms with E-state index in [9.17, 15) is 4.79 Å². The maximum absolute atomic E-state index is 12.6. The smallest absolute Gasteiger partial charge is 0.276 e. The van der Waals surface area contributed by atoms with Gasteiger partial charge in [-0.25, -0.2) is 4.68 Å². The number of furan rings is 1. The number of morpholine rings is 1. The van der Waals surface area contributed by atoms with Gasteiger partial charge in [-0.15, -0.1) is 5.10 Å². The fraction of sp³-hybridized carbons (Fsp3) is 0.435. The van der Waals surface area contributed by atoms with E-state index in [0.717, 1.165) is 49.6 Å². The van der Waals surface area contributed by atoms with Gasteiger partial charge in [0.1, 0.15) is 11.5 Å². The van der Waals surface area contributed by atoms with E-state index >= 15 is 0 Å². The highest BCUT2D eigenvalue weighted by molar-refractivity contribution is 6.33. The number of hydrogen-bond donors (Lipinski definition) is 0. The molecule has 0 atom stereocenters. The van der Waals surface area contributed by atoms with Crippen LogP contribution in [0.4, 0.5) is 0 Å². The van der Waals surface area contributed by atoms with Gasteiger partial charge in [-0.2, -0.15) is 0 Å². The van der Waals surface area contributed by atoms with Gasteiger partial charge in [0, 0.05) is 31.7 Å². The van der Waals surface area contributed by atoms with Crippen LogP contribution in [0.2, 0.25) is 5.02 Å². The maximum atomic E-state index is 12.6. The average Bonchev–Trinajstić information content (AvgIpc) is 3.50. The van der Waals surface area contributed by atoms with Crippen molar-refractivity contribution in [2.75, 3.05) is 39.4 Å². The van der Waals surface area contributed by atoms with Gasteiger partial charge in [0.05, 0.1) is 37.0 Å². The minimum absolute atomic E-state index is 0.0656. The van der Waals surface area contributed by atoms with E-state index in [4.69, 9.17) is 20.8 Å². The molecule has 168 valence electrons. The predicted octanol–water partition coefficient (Wildman–Crippen LogP) is 3.50. The lowest BCUT2D eigenvalue weighted by molar-refractivity contribution is 0.0299. The number of halogens is 1. The maximum Gasteiger partial charge on any atom is 0.276 e. The van der Waals surface area contributed by atoms with Crippen LogP contribution in [0.25, 0.3) is 11.3 Å². The van der Waals surface area contributed by atoms with Crippen molar-refractivity contribution in [3.63, 3.8) is 0 Å². The van der Waals surface area contributed by atoms with Crippen molar-refractivity contribution < 1.29 is 13.9 Å². The first-order valence-corrected chi connectivity index (χ1v) is 11.4. The minimum atomic E-state index is -0.0656. The number of piperidine rings is 1. The minimum Gasteiger partial charge on any atom is -0.460 e. The topological polar surface area (TPSA) is 76.6 Å². The first kappa shape index (κ1) is 21.2. The molecule has 2 aromatic heterocycles. The van der Waals surface area contributed by atoms with Gasteiger partial charge in [0.25, 0.3) is 5.91 Å².